The Labute approximate surface area is 216 Å². The van der Waals surface area contributed by atoms with E-state index in [2.05, 4.69) is 25.9 Å². The number of halogens is 1. The normalized spacial score (nSPS) is 16.8. The zero-order valence-corrected chi connectivity index (χ0v) is 20.2. The number of nitrogens with one attached hydrogen (secondary N) is 4. The maximum Gasteiger partial charge on any atom is 0.252 e. The zero-order valence-electron chi connectivity index (χ0n) is 20.2. The van der Waals surface area contributed by atoms with Crippen LogP contribution in [0.3, 0.4) is 0 Å². The van der Waals surface area contributed by atoms with Crippen molar-refractivity contribution in [2.24, 2.45) is 0 Å². The molecule has 0 unspecified atom stereocenters. The summed E-state index contributed by atoms with van der Waals surface area (Å²) in [4.78, 5) is 45.9. The van der Waals surface area contributed by atoms with Crippen LogP contribution < -0.4 is 20.7 Å². The highest BCUT2D eigenvalue weighted by Gasteiger charge is 2.31. The Morgan fingerprint density at radius 1 is 0.974 bits per heavy atom. The number of fused-ring (bicyclic) bond motifs is 1. The predicted octanol–water partition coefficient (Wildman–Crippen LogP) is 2.15. The number of carbonyl (C=O) groups is 3. The van der Waals surface area contributed by atoms with E-state index in [1.165, 1.54) is 43.5 Å². The molecule has 1 fully saturated rings. The molecule has 194 valence electrons. The fourth-order valence-electron chi connectivity index (χ4n) is 4.48. The van der Waals surface area contributed by atoms with Crippen molar-refractivity contribution in [3.8, 4) is 11.5 Å². The van der Waals surface area contributed by atoms with Crippen molar-refractivity contribution in [1.29, 1.82) is 0 Å². The molecule has 5 N–H and O–H groups in total. The fraction of sp³-hybridized carbons (Fsp3) is 0.185. The molecule has 11 heteroatoms. The Kier molecular flexibility index (Phi) is 6.75. The highest BCUT2D eigenvalue weighted by molar-refractivity contribution is 6.11. The van der Waals surface area contributed by atoms with Gasteiger partial charge in [0.05, 0.1) is 24.8 Å². The molecule has 2 aromatic carbocycles. The predicted molar refractivity (Wildman–Crippen MR) is 136 cm³/mol. The van der Waals surface area contributed by atoms with E-state index in [4.69, 9.17) is 4.74 Å². The lowest BCUT2D eigenvalue weighted by Crippen LogP contribution is -2.51. The van der Waals surface area contributed by atoms with Gasteiger partial charge in [-0.25, -0.2) is 9.37 Å². The maximum atomic E-state index is 14.6. The lowest BCUT2D eigenvalue weighted by molar-refractivity contribution is 0.0897. The van der Waals surface area contributed by atoms with E-state index in [1.54, 1.807) is 24.5 Å². The molecule has 38 heavy (non-hydrogen) atoms. The van der Waals surface area contributed by atoms with Crippen LogP contribution in [0.25, 0.3) is 11.0 Å². The van der Waals surface area contributed by atoms with Gasteiger partial charge in [-0.2, -0.15) is 0 Å². The standard InChI is InChI=1S/C27H24FN5O5/c1-38-21-7-6-20(34)22(23(21)28)24(35)14-2-4-15(5-3-14)26(36)32-18-12-29-13-19(18)33-27(37)17-9-11-31-25-16(17)8-10-30-25/h2-11,18-19,29,34H,12-13H2,1H3,(H,30,31)(H,32,36)(H,33,37)/t18-,19-/m1/s1. The number of rotatable bonds is 7. The van der Waals surface area contributed by atoms with Crippen LogP contribution in [0.1, 0.15) is 36.6 Å². The largest absolute Gasteiger partial charge is 0.507 e. The summed E-state index contributed by atoms with van der Waals surface area (Å²) in [5.41, 5.74) is 0.940. The molecule has 0 bridgehead atoms. The Morgan fingerprint density at radius 2 is 1.66 bits per heavy atom. The molecule has 0 saturated carbocycles. The third-order valence-electron chi connectivity index (χ3n) is 6.49. The summed E-state index contributed by atoms with van der Waals surface area (Å²) < 4.78 is 19.5. The highest BCUT2D eigenvalue weighted by Crippen LogP contribution is 2.30. The average Bonchev–Trinajstić information content (AvgIpc) is 3.58. The second-order valence-corrected chi connectivity index (χ2v) is 8.80. The van der Waals surface area contributed by atoms with Crippen LogP contribution in [0, 0.1) is 5.82 Å². The van der Waals surface area contributed by atoms with Crippen molar-refractivity contribution >= 4 is 28.6 Å². The van der Waals surface area contributed by atoms with Crippen molar-refractivity contribution < 1.29 is 28.6 Å². The van der Waals surface area contributed by atoms with Crippen molar-refractivity contribution in [2.45, 2.75) is 12.1 Å². The Morgan fingerprint density at radius 3 is 2.37 bits per heavy atom. The van der Waals surface area contributed by atoms with Gasteiger partial charge in [-0.05, 0) is 36.4 Å². The Bertz CT molecular complexity index is 1530. The number of methoxy groups -OCH3 is 1. The van der Waals surface area contributed by atoms with Gasteiger partial charge in [0.2, 0.25) is 0 Å². The first-order chi connectivity index (χ1) is 18.4. The van der Waals surface area contributed by atoms with Crippen LogP contribution in [-0.4, -0.2) is 65.0 Å². The molecule has 0 aliphatic carbocycles. The SMILES string of the molecule is COc1ccc(O)c(C(=O)c2ccc(C(=O)N[C@@H]3CNC[C@H]3NC(=O)c3ccnc4[nH]ccc34)cc2)c1F. The minimum Gasteiger partial charge on any atom is -0.507 e. The second-order valence-electron chi connectivity index (χ2n) is 8.80. The van der Waals surface area contributed by atoms with Crippen LogP contribution >= 0.6 is 0 Å². The zero-order chi connectivity index (χ0) is 26.8. The molecule has 2 aromatic heterocycles. The molecule has 4 aromatic rings. The lowest BCUT2D eigenvalue weighted by Gasteiger charge is -2.21. The maximum absolute atomic E-state index is 14.6. The number of ether oxygens (including phenoxy) is 1. The molecule has 5 rings (SSSR count). The Hall–Kier alpha value is -4.77. The molecule has 0 spiro atoms. The summed E-state index contributed by atoms with van der Waals surface area (Å²) in [6.45, 7) is 0.929. The van der Waals surface area contributed by atoms with Gasteiger partial charge in [-0.15, -0.1) is 0 Å². The minimum atomic E-state index is -0.967. The van der Waals surface area contributed by atoms with Gasteiger partial charge in [0.1, 0.15) is 17.0 Å². The number of aromatic hydroxyl groups is 1. The number of carbonyl (C=O) groups excluding carboxylic acids is 3. The van der Waals surface area contributed by atoms with E-state index >= 15 is 0 Å². The van der Waals surface area contributed by atoms with Crippen LogP contribution in [0.5, 0.6) is 11.5 Å². The third kappa shape index (κ3) is 4.66. The number of nitrogens with zero attached hydrogens (tertiary/aromatic N) is 1. The minimum absolute atomic E-state index is 0.0881. The summed E-state index contributed by atoms with van der Waals surface area (Å²) in [5, 5.41) is 19.8. The number of aromatic amines is 1. The van der Waals surface area contributed by atoms with E-state index in [0.29, 0.717) is 29.7 Å². The highest BCUT2D eigenvalue weighted by atomic mass is 19.1. The lowest BCUT2D eigenvalue weighted by atomic mass is 10.00. The number of amides is 2. The first-order valence-corrected chi connectivity index (χ1v) is 11.8. The van der Waals surface area contributed by atoms with Crippen LogP contribution in [-0.2, 0) is 0 Å². The van der Waals surface area contributed by atoms with Gasteiger partial charge in [-0.1, -0.05) is 12.1 Å². The number of phenols is 1. The molecule has 1 aliphatic heterocycles. The summed E-state index contributed by atoms with van der Waals surface area (Å²) in [6, 6.07) is 10.7. The van der Waals surface area contributed by atoms with Crippen LogP contribution in [0.4, 0.5) is 4.39 Å². The number of hydrogen-bond acceptors (Lipinski definition) is 7. The summed E-state index contributed by atoms with van der Waals surface area (Å²) in [5.74, 6) is -3.08. The van der Waals surface area contributed by atoms with Crippen molar-refractivity contribution in [2.75, 3.05) is 20.2 Å². The van der Waals surface area contributed by atoms with E-state index in [0.717, 1.165) is 0 Å². The number of hydrogen-bond donors (Lipinski definition) is 5. The van der Waals surface area contributed by atoms with Gasteiger partial charge in [0.15, 0.2) is 17.3 Å². The van der Waals surface area contributed by atoms with Crippen molar-refractivity contribution in [1.82, 2.24) is 25.9 Å². The number of pyridine rings is 1. The van der Waals surface area contributed by atoms with Gasteiger partial charge in [0.25, 0.3) is 11.8 Å². The molecule has 2 amide bonds. The van der Waals surface area contributed by atoms with Crippen LogP contribution in [0.2, 0.25) is 0 Å². The first-order valence-electron chi connectivity index (χ1n) is 11.8. The Balaban J connectivity index is 1.26. The van der Waals surface area contributed by atoms with Crippen molar-refractivity contribution in [3.63, 3.8) is 0 Å². The summed E-state index contributed by atoms with van der Waals surface area (Å²) in [7, 11) is 1.26. The number of benzene rings is 2. The van der Waals surface area contributed by atoms with E-state index in [9.17, 15) is 23.9 Å². The smallest absolute Gasteiger partial charge is 0.252 e. The second kappa shape index (κ2) is 10.3. The monoisotopic (exact) mass is 517 g/mol. The van der Waals surface area contributed by atoms with Gasteiger partial charge in [0, 0.05) is 42.0 Å². The van der Waals surface area contributed by atoms with Crippen LogP contribution in [0.15, 0.2) is 60.9 Å². The molecular weight excluding hydrogens is 493 g/mol. The number of ketones is 1. The topological polar surface area (TPSA) is 145 Å². The van der Waals surface area contributed by atoms with E-state index < -0.39 is 28.8 Å². The molecule has 1 aliphatic rings. The third-order valence-corrected chi connectivity index (χ3v) is 6.49. The molecule has 2 atom stereocenters. The molecule has 3 heterocycles. The first kappa shape index (κ1) is 24.9. The van der Waals surface area contributed by atoms with Crippen molar-refractivity contribution in [3.05, 3.63) is 89.0 Å². The number of phenolic OH excluding ortho intramolecular Hbond substituents is 1. The molecule has 10 nitrogen and oxygen atoms in total. The van der Waals surface area contributed by atoms with Gasteiger partial charge < -0.3 is 30.8 Å². The van der Waals surface area contributed by atoms with E-state index in [1.807, 2.05) is 0 Å². The van der Waals surface area contributed by atoms with Gasteiger partial charge in [-0.3, -0.25) is 14.4 Å². The average molecular weight is 518 g/mol. The number of H-pyrrole nitrogens is 1. The molecule has 1 saturated heterocycles. The number of aromatic nitrogens is 2. The summed E-state index contributed by atoms with van der Waals surface area (Å²) >= 11 is 0. The fourth-order valence-corrected chi connectivity index (χ4v) is 4.48. The molecular formula is C27H24FN5O5. The van der Waals surface area contributed by atoms with Gasteiger partial charge >= 0.3 is 0 Å². The van der Waals surface area contributed by atoms with E-state index in [-0.39, 0.29) is 34.9 Å². The summed E-state index contributed by atoms with van der Waals surface area (Å²) in [6.07, 6.45) is 3.27. The molecule has 0 radical (unpaired) electrons. The quantitative estimate of drug-likeness (QED) is 0.236.